The lowest BCUT2D eigenvalue weighted by Gasteiger charge is -2.54. The Kier molecular flexibility index (Phi) is 19.0. The molecule has 0 bridgehead atoms. The molecule has 18 heteroatoms. The van der Waals surface area contributed by atoms with Gasteiger partial charge in [-0.05, 0) is 101 Å². The van der Waals surface area contributed by atoms with Crippen molar-refractivity contribution < 1.29 is 67.5 Å². The van der Waals surface area contributed by atoms with Crippen LogP contribution >= 0.6 is 0 Å². The number of aliphatic hydroxyl groups is 3. The Bertz CT molecular complexity index is 1900. The van der Waals surface area contributed by atoms with E-state index in [4.69, 9.17) is 48.4 Å². The maximum absolute atomic E-state index is 14.8. The van der Waals surface area contributed by atoms with Crippen LogP contribution in [0.5, 0.6) is 5.75 Å². The first-order chi connectivity index (χ1) is 32.6. The van der Waals surface area contributed by atoms with Crippen molar-refractivity contribution in [3.8, 4) is 5.75 Å². The highest BCUT2D eigenvalue weighted by Crippen LogP contribution is 2.46. The number of aliphatic hydroxyl groups excluding tert-OH is 2. The molecule has 1 aromatic carbocycles. The van der Waals surface area contributed by atoms with Crippen molar-refractivity contribution >= 4 is 12.1 Å². The fourth-order valence-electron chi connectivity index (χ4n) is 11.9. The number of carbonyl (C=O) groups excluding carboxylic acids is 2. The number of nitrogens with one attached hydrogen (secondary N) is 1. The van der Waals surface area contributed by atoms with Gasteiger partial charge >= 0.3 is 12.1 Å². The molecular weight excluding hydrogens is 905 g/mol. The molecule has 18 nitrogen and oxygen atoms in total. The molecule has 1 amide bonds. The van der Waals surface area contributed by atoms with E-state index in [2.05, 4.69) is 42.1 Å². The third-order valence-corrected chi connectivity index (χ3v) is 17.1. The van der Waals surface area contributed by atoms with Gasteiger partial charge in [0.1, 0.15) is 29.2 Å². The van der Waals surface area contributed by atoms with Crippen molar-refractivity contribution in [1.29, 1.82) is 0 Å². The number of nitrogens with zero attached hydrogens (tertiary/aromatic N) is 2. The third-order valence-electron chi connectivity index (χ3n) is 17.1. The minimum absolute atomic E-state index is 0.0634. The van der Waals surface area contributed by atoms with Crippen molar-refractivity contribution in [2.24, 2.45) is 29.4 Å². The highest BCUT2D eigenvalue weighted by Gasteiger charge is 2.60. The number of likely N-dealkylation sites (N-methyl/N-ethyl adjacent to an activating group) is 2. The first kappa shape index (κ1) is 58.2. The Morgan fingerprint density at radius 2 is 1.56 bits per heavy atom. The molecule has 19 atom stereocenters. The Morgan fingerprint density at radius 3 is 2.17 bits per heavy atom. The maximum Gasteiger partial charge on any atom is 0.408 e. The maximum atomic E-state index is 14.8. The van der Waals surface area contributed by atoms with Crippen LogP contribution in [-0.2, 0) is 48.2 Å². The molecule has 1 aromatic rings. The van der Waals surface area contributed by atoms with E-state index in [1.807, 2.05) is 73.7 Å². The summed E-state index contributed by atoms with van der Waals surface area (Å²) in [5.74, 6) is -2.60. The summed E-state index contributed by atoms with van der Waals surface area (Å²) in [6.07, 6.45) is -8.20. The molecule has 0 saturated carbocycles. The lowest BCUT2D eigenvalue weighted by atomic mass is 9.72. The lowest BCUT2D eigenvalue weighted by Crippen LogP contribution is -2.70. The number of alkyl carbamates (subject to hydrolysis) is 1. The van der Waals surface area contributed by atoms with E-state index >= 15 is 0 Å². The predicted octanol–water partition coefficient (Wildman–Crippen LogP) is 4.56. The van der Waals surface area contributed by atoms with Gasteiger partial charge in [-0.3, -0.25) is 9.69 Å². The second kappa shape index (κ2) is 22.8. The molecule has 0 radical (unpaired) electrons. The Hall–Kier alpha value is -2.72. The van der Waals surface area contributed by atoms with Crippen LogP contribution in [0.1, 0.15) is 114 Å². The molecule has 4 aliphatic rings. The molecule has 0 unspecified atom stereocenters. The van der Waals surface area contributed by atoms with Crippen LogP contribution in [0.25, 0.3) is 0 Å². The molecule has 0 spiro atoms. The number of hydrogen-bond donors (Lipinski definition) is 5. The van der Waals surface area contributed by atoms with Gasteiger partial charge in [0.25, 0.3) is 0 Å². The van der Waals surface area contributed by atoms with Gasteiger partial charge in [-0.25, -0.2) is 4.79 Å². The van der Waals surface area contributed by atoms with E-state index in [1.54, 1.807) is 42.1 Å². The van der Waals surface area contributed by atoms with Crippen LogP contribution in [0.2, 0.25) is 0 Å². The summed E-state index contributed by atoms with van der Waals surface area (Å²) in [5.41, 5.74) is 1.82. The van der Waals surface area contributed by atoms with Crippen LogP contribution in [-0.4, -0.2) is 182 Å². The number of methoxy groups -OCH3 is 3. The number of cyclic esters (lactones) is 1. The minimum Gasteiger partial charge on any atom is -0.496 e. The van der Waals surface area contributed by atoms with E-state index < -0.39 is 119 Å². The largest absolute Gasteiger partial charge is 0.496 e. The topological polar surface area (TPSA) is 222 Å². The summed E-state index contributed by atoms with van der Waals surface area (Å²) in [6, 6.07) is 6.62. The highest BCUT2D eigenvalue weighted by atomic mass is 16.7. The minimum atomic E-state index is -1.53. The molecular formula is C52H90N4O14. The van der Waals surface area contributed by atoms with Crippen LogP contribution in [0, 0.1) is 23.7 Å². The number of para-hydroxylation sites is 1. The van der Waals surface area contributed by atoms with E-state index in [1.165, 1.54) is 0 Å². The van der Waals surface area contributed by atoms with Gasteiger partial charge in [0, 0.05) is 69.3 Å². The van der Waals surface area contributed by atoms with E-state index in [9.17, 15) is 24.9 Å². The van der Waals surface area contributed by atoms with Gasteiger partial charge in [0.05, 0.1) is 55.2 Å². The van der Waals surface area contributed by atoms with Crippen molar-refractivity contribution in [2.75, 3.05) is 55.1 Å². The van der Waals surface area contributed by atoms with E-state index in [0.717, 1.165) is 11.3 Å². The highest BCUT2D eigenvalue weighted by molar-refractivity contribution is 5.74. The molecule has 4 heterocycles. The Labute approximate surface area is 417 Å². The van der Waals surface area contributed by atoms with Crippen molar-refractivity contribution in [2.45, 2.75) is 204 Å². The van der Waals surface area contributed by atoms with E-state index in [-0.39, 0.29) is 31.0 Å². The smallest absolute Gasteiger partial charge is 0.408 e. The van der Waals surface area contributed by atoms with Gasteiger partial charge in [-0.1, -0.05) is 45.9 Å². The van der Waals surface area contributed by atoms with Crippen LogP contribution in [0.4, 0.5) is 4.79 Å². The third kappa shape index (κ3) is 11.6. The average Bonchev–Trinajstić information content (AvgIpc) is 3.63. The molecule has 402 valence electrons. The standard InChI is InChI=1S/C52H90N4O14/c1-18-38-51(12)43(54-47(60)70-51)31(4)40(57)29(2)26-49(10,63-16)44(69-46-41(58)36(53)25-30(3)65-46)32(5)42(33(6)45(59)67-38)68-39-27-50(11,64-17)52(61,34(7)66-39)28-55(13)23-24-56(14)48(8,9)35-21-19-20-22-37(35)62-15/h19-22,29-34,36,38-44,46,57-58,61H,18,23-28,53H2,1-17H3,(H,54,60)/t29-,30-,31+,32+,33-,34+,36+,38-,39+,40+,41-,42+,43-,44-,46+,49+,50-,51-,52-/m1/s1. The van der Waals surface area contributed by atoms with Crippen molar-refractivity contribution in [3.05, 3.63) is 29.8 Å². The summed E-state index contributed by atoms with van der Waals surface area (Å²) in [6.45, 7) is 24.0. The number of amides is 1. The molecule has 5 rings (SSSR count). The zero-order chi connectivity index (χ0) is 52.5. The normalized spacial score (nSPS) is 42.4. The number of benzene rings is 1. The quantitative estimate of drug-likeness (QED) is 0.152. The number of esters is 1. The average molecular weight is 995 g/mol. The molecule has 4 saturated heterocycles. The number of ether oxygens (including phenoxy) is 9. The number of nitrogens with two attached hydrogens (primary N) is 1. The van der Waals surface area contributed by atoms with Crippen LogP contribution in [0.3, 0.4) is 0 Å². The summed E-state index contributed by atoms with van der Waals surface area (Å²) < 4.78 is 57.5. The number of rotatable bonds is 15. The molecule has 6 N–H and O–H groups in total. The first-order valence-corrected chi connectivity index (χ1v) is 25.4. The first-order valence-electron chi connectivity index (χ1n) is 25.4. The van der Waals surface area contributed by atoms with Gasteiger partial charge in [-0.2, -0.15) is 0 Å². The summed E-state index contributed by atoms with van der Waals surface area (Å²) in [4.78, 5) is 32.2. The van der Waals surface area contributed by atoms with Gasteiger partial charge in [0.2, 0.25) is 0 Å². The van der Waals surface area contributed by atoms with Crippen LogP contribution < -0.4 is 15.8 Å². The number of hydrogen-bond acceptors (Lipinski definition) is 17. The Balaban J connectivity index is 1.50. The summed E-state index contributed by atoms with van der Waals surface area (Å²) in [7, 11) is 8.81. The fourth-order valence-corrected chi connectivity index (χ4v) is 11.9. The molecule has 0 aliphatic carbocycles. The Morgan fingerprint density at radius 1 is 0.900 bits per heavy atom. The SMILES string of the molecule is CC[C@H]1OC(=O)[C@H](C)[C@@H](O[C@H]2C[C@@](C)(OC)[C@@](O)(CN(C)CCN(C)C(C)(C)c3ccccc3OC)[C@H](C)O2)[C@H](C)[C@@H](O[C@@H]2O[C@H](C)C[C@H](N)[C@H]2O)[C@@](C)(OC)C[C@@H](C)[C@H](O)[C@H](C)[C@H]2NC(=O)O[C@@]21C. The fraction of sp³-hybridized carbons (Fsp3) is 0.846. The van der Waals surface area contributed by atoms with Crippen molar-refractivity contribution in [3.63, 3.8) is 0 Å². The van der Waals surface area contributed by atoms with Gasteiger partial charge < -0.3 is 73.9 Å². The number of fused-ring (bicyclic) bond motifs is 1. The van der Waals surface area contributed by atoms with E-state index in [0.29, 0.717) is 25.9 Å². The molecule has 0 aromatic heterocycles. The summed E-state index contributed by atoms with van der Waals surface area (Å²) in [5, 5.41) is 39.2. The molecule has 4 aliphatic heterocycles. The zero-order valence-electron chi connectivity index (χ0n) is 45.2. The van der Waals surface area contributed by atoms with Crippen molar-refractivity contribution in [1.82, 2.24) is 15.1 Å². The predicted molar refractivity (Wildman–Crippen MR) is 263 cm³/mol. The van der Waals surface area contributed by atoms with Gasteiger partial charge in [-0.15, -0.1) is 0 Å². The second-order valence-corrected chi connectivity index (χ2v) is 22.3. The zero-order valence-corrected chi connectivity index (χ0v) is 45.2. The van der Waals surface area contributed by atoms with Gasteiger partial charge in [0.15, 0.2) is 18.2 Å². The summed E-state index contributed by atoms with van der Waals surface area (Å²) >= 11 is 0. The second-order valence-electron chi connectivity index (χ2n) is 22.3. The molecule has 70 heavy (non-hydrogen) atoms. The monoisotopic (exact) mass is 995 g/mol. The number of carbonyl (C=O) groups is 2. The van der Waals surface area contributed by atoms with Crippen LogP contribution in [0.15, 0.2) is 24.3 Å². The lowest BCUT2D eigenvalue weighted by molar-refractivity contribution is -0.339. The molecule has 4 fully saturated rings.